The van der Waals surface area contributed by atoms with E-state index in [-0.39, 0.29) is 30.3 Å². The molecule has 1 fully saturated rings. The van der Waals surface area contributed by atoms with E-state index in [1.165, 1.54) is 4.90 Å². The van der Waals surface area contributed by atoms with Crippen molar-refractivity contribution in [2.45, 2.75) is 19.0 Å². The minimum absolute atomic E-state index is 0.0482. The molecule has 1 N–H and O–H groups in total. The van der Waals surface area contributed by atoms with E-state index in [0.717, 1.165) is 25.1 Å². The number of fused-ring (bicyclic) bond motifs is 1. The Hall–Kier alpha value is -2.99. The van der Waals surface area contributed by atoms with E-state index in [4.69, 9.17) is 0 Å². The van der Waals surface area contributed by atoms with E-state index in [1.54, 1.807) is 47.4 Å². The Labute approximate surface area is 157 Å². The smallest absolute Gasteiger partial charge is 0.261 e. The first-order chi connectivity index (χ1) is 13.1. The Bertz CT molecular complexity index is 883. The molecule has 1 atom stereocenters. The second-order valence-electron chi connectivity index (χ2n) is 7.01. The monoisotopic (exact) mass is 363 g/mol. The van der Waals surface area contributed by atoms with Gasteiger partial charge in [-0.1, -0.05) is 24.3 Å². The molecular formula is C21H21N3O3. The fraction of sp³-hybridized carbons (Fsp3) is 0.286. The average Bonchev–Trinajstić information content (AvgIpc) is 3.31. The molecule has 138 valence electrons. The minimum atomic E-state index is -0.290. The first-order valence-corrected chi connectivity index (χ1v) is 9.08. The van der Waals surface area contributed by atoms with Gasteiger partial charge in [-0.3, -0.25) is 19.3 Å². The van der Waals surface area contributed by atoms with Crippen LogP contribution in [0.4, 0.5) is 0 Å². The molecule has 0 saturated carbocycles. The lowest BCUT2D eigenvalue weighted by molar-refractivity contribution is 0.0642. The molecule has 1 saturated heterocycles. The lowest BCUT2D eigenvalue weighted by Crippen LogP contribution is -2.38. The summed E-state index contributed by atoms with van der Waals surface area (Å²) in [6.45, 7) is 1.88. The van der Waals surface area contributed by atoms with Crippen molar-refractivity contribution >= 4 is 17.7 Å². The van der Waals surface area contributed by atoms with E-state index in [1.807, 2.05) is 13.1 Å². The molecule has 4 rings (SSSR count). The van der Waals surface area contributed by atoms with E-state index in [0.29, 0.717) is 16.7 Å². The number of imide groups is 1. The molecule has 0 spiro atoms. The summed E-state index contributed by atoms with van der Waals surface area (Å²) in [7, 11) is 1.82. The fourth-order valence-electron chi connectivity index (χ4n) is 3.71. The second kappa shape index (κ2) is 6.96. The maximum Gasteiger partial charge on any atom is 0.261 e. The van der Waals surface area contributed by atoms with E-state index >= 15 is 0 Å². The van der Waals surface area contributed by atoms with Gasteiger partial charge in [-0.05, 0) is 42.8 Å². The highest BCUT2D eigenvalue weighted by Gasteiger charge is 2.35. The summed E-state index contributed by atoms with van der Waals surface area (Å²) in [6, 6.07) is 14.2. The number of hydrogen-bond acceptors (Lipinski definition) is 4. The van der Waals surface area contributed by atoms with Gasteiger partial charge < -0.3 is 10.2 Å². The lowest BCUT2D eigenvalue weighted by atomic mass is 10.1. The molecule has 0 radical (unpaired) electrons. The van der Waals surface area contributed by atoms with Crippen molar-refractivity contribution in [1.29, 1.82) is 0 Å². The van der Waals surface area contributed by atoms with Crippen molar-refractivity contribution < 1.29 is 14.4 Å². The van der Waals surface area contributed by atoms with Crippen LogP contribution in [0.3, 0.4) is 0 Å². The zero-order valence-corrected chi connectivity index (χ0v) is 15.1. The topological polar surface area (TPSA) is 69.7 Å². The summed E-state index contributed by atoms with van der Waals surface area (Å²) in [4.78, 5) is 40.8. The third-order valence-electron chi connectivity index (χ3n) is 5.30. The quantitative estimate of drug-likeness (QED) is 0.843. The number of benzene rings is 2. The van der Waals surface area contributed by atoms with Crippen LogP contribution in [0, 0.1) is 0 Å². The molecule has 0 bridgehead atoms. The number of nitrogens with zero attached hydrogens (tertiary/aromatic N) is 2. The van der Waals surface area contributed by atoms with Gasteiger partial charge in [0.1, 0.15) is 0 Å². The molecule has 2 aromatic carbocycles. The fourth-order valence-corrected chi connectivity index (χ4v) is 3.71. The zero-order valence-electron chi connectivity index (χ0n) is 15.1. The van der Waals surface area contributed by atoms with E-state index in [2.05, 4.69) is 5.32 Å². The van der Waals surface area contributed by atoms with Gasteiger partial charge in [0.2, 0.25) is 0 Å². The van der Waals surface area contributed by atoms with Gasteiger partial charge in [-0.15, -0.1) is 0 Å². The van der Waals surface area contributed by atoms with Crippen LogP contribution in [-0.2, 0) is 6.54 Å². The Morgan fingerprint density at radius 3 is 2.44 bits per heavy atom. The second-order valence-corrected chi connectivity index (χ2v) is 7.01. The summed E-state index contributed by atoms with van der Waals surface area (Å²) in [5.74, 6) is -0.629. The van der Waals surface area contributed by atoms with Gasteiger partial charge in [-0.2, -0.15) is 0 Å². The Kier molecular flexibility index (Phi) is 4.49. The molecule has 3 amide bonds. The van der Waals surface area contributed by atoms with Crippen molar-refractivity contribution in [3.63, 3.8) is 0 Å². The van der Waals surface area contributed by atoms with Crippen molar-refractivity contribution in [3.05, 3.63) is 70.8 Å². The summed E-state index contributed by atoms with van der Waals surface area (Å²) >= 11 is 0. The van der Waals surface area contributed by atoms with Gasteiger partial charge in [0, 0.05) is 25.2 Å². The molecule has 0 aromatic heterocycles. The number of hydrogen-bond donors (Lipinski definition) is 1. The third kappa shape index (κ3) is 3.13. The molecular weight excluding hydrogens is 342 g/mol. The van der Waals surface area contributed by atoms with Crippen molar-refractivity contribution in [1.82, 2.24) is 15.1 Å². The Balaban J connectivity index is 1.53. The van der Waals surface area contributed by atoms with Crippen LogP contribution < -0.4 is 5.32 Å². The van der Waals surface area contributed by atoms with E-state index in [9.17, 15) is 14.4 Å². The van der Waals surface area contributed by atoms with Crippen LogP contribution in [0.5, 0.6) is 0 Å². The summed E-state index contributed by atoms with van der Waals surface area (Å²) in [6.07, 6.45) is 0.941. The molecule has 1 unspecified atom stereocenters. The van der Waals surface area contributed by atoms with Gasteiger partial charge in [0.15, 0.2) is 0 Å². The molecule has 2 heterocycles. The third-order valence-corrected chi connectivity index (χ3v) is 5.30. The summed E-state index contributed by atoms with van der Waals surface area (Å²) < 4.78 is 0. The number of likely N-dealkylation sites (N-methyl/N-ethyl adjacent to an activating group) is 1. The van der Waals surface area contributed by atoms with Crippen molar-refractivity contribution in [2.75, 3.05) is 20.1 Å². The summed E-state index contributed by atoms with van der Waals surface area (Å²) in [5, 5.41) is 3.26. The first kappa shape index (κ1) is 17.4. The predicted molar refractivity (Wildman–Crippen MR) is 100 cm³/mol. The largest absolute Gasteiger partial charge is 0.337 e. The number of carbonyl (C=O) groups is 3. The number of amides is 3. The van der Waals surface area contributed by atoms with Crippen LogP contribution in [-0.4, -0.2) is 53.7 Å². The Morgan fingerprint density at radius 2 is 1.81 bits per heavy atom. The van der Waals surface area contributed by atoms with Crippen LogP contribution >= 0.6 is 0 Å². The van der Waals surface area contributed by atoms with Gasteiger partial charge in [0.25, 0.3) is 17.7 Å². The van der Waals surface area contributed by atoms with Crippen LogP contribution in [0.2, 0.25) is 0 Å². The van der Waals surface area contributed by atoms with Crippen molar-refractivity contribution in [3.8, 4) is 0 Å². The standard InChI is InChI=1S/C21H21N3O3/c1-23(16-9-10-22-12-16)19(25)15-6-4-5-14(11-15)13-24-20(26)17-7-2-3-8-18(17)21(24)27/h2-8,11,16,22H,9-10,12-13H2,1H3. The molecule has 6 nitrogen and oxygen atoms in total. The molecule has 2 aliphatic rings. The molecule has 27 heavy (non-hydrogen) atoms. The number of rotatable bonds is 4. The molecule has 2 aromatic rings. The maximum atomic E-state index is 12.8. The average molecular weight is 363 g/mol. The first-order valence-electron chi connectivity index (χ1n) is 9.08. The number of carbonyl (C=O) groups excluding carboxylic acids is 3. The molecule has 6 heteroatoms. The molecule has 0 aliphatic carbocycles. The Morgan fingerprint density at radius 1 is 1.11 bits per heavy atom. The normalized spacial score (nSPS) is 18.7. The van der Waals surface area contributed by atoms with Gasteiger partial charge in [-0.25, -0.2) is 0 Å². The molecule has 2 aliphatic heterocycles. The lowest BCUT2D eigenvalue weighted by Gasteiger charge is -2.24. The van der Waals surface area contributed by atoms with Gasteiger partial charge in [0.05, 0.1) is 17.7 Å². The van der Waals surface area contributed by atoms with Crippen LogP contribution in [0.25, 0.3) is 0 Å². The summed E-state index contributed by atoms with van der Waals surface area (Å²) in [5.41, 5.74) is 2.19. The number of nitrogens with one attached hydrogen (secondary N) is 1. The van der Waals surface area contributed by atoms with Crippen LogP contribution in [0.15, 0.2) is 48.5 Å². The van der Waals surface area contributed by atoms with E-state index < -0.39 is 0 Å². The maximum absolute atomic E-state index is 12.8. The highest BCUT2D eigenvalue weighted by atomic mass is 16.2. The highest BCUT2D eigenvalue weighted by molar-refractivity contribution is 6.21. The van der Waals surface area contributed by atoms with Crippen molar-refractivity contribution in [2.24, 2.45) is 0 Å². The predicted octanol–water partition coefficient (Wildman–Crippen LogP) is 1.92. The SMILES string of the molecule is CN(C(=O)c1cccc(CN2C(=O)c3ccccc3C2=O)c1)C1CCNC1. The van der Waals surface area contributed by atoms with Gasteiger partial charge >= 0.3 is 0 Å². The van der Waals surface area contributed by atoms with Crippen LogP contribution in [0.1, 0.15) is 43.1 Å². The highest BCUT2D eigenvalue weighted by Crippen LogP contribution is 2.24. The zero-order chi connectivity index (χ0) is 19.0. The minimum Gasteiger partial charge on any atom is -0.337 e.